The van der Waals surface area contributed by atoms with E-state index in [0.717, 1.165) is 21.3 Å². The highest BCUT2D eigenvalue weighted by molar-refractivity contribution is 9.10. The highest BCUT2D eigenvalue weighted by Gasteiger charge is 2.11. The molecular weight excluding hydrogens is 394 g/mol. The molecule has 0 aliphatic heterocycles. The fraction of sp³-hybridized carbons (Fsp3) is 0.143. The first kappa shape index (κ1) is 18.1. The Balaban J connectivity index is 1.70. The molecule has 0 spiro atoms. The van der Waals surface area contributed by atoms with Crippen LogP contribution in [0.3, 0.4) is 0 Å². The first-order valence-corrected chi connectivity index (χ1v) is 9.01. The lowest BCUT2D eigenvalue weighted by molar-refractivity contribution is 0.284. The van der Waals surface area contributed by atoms with Gasteiger partial charge in [0.15, 0.2) is 11.5 Å². The van der Waals surface area contributed by atoms with Crippen molar-refractivity contribution in [3.63, 3.8) is 0 Å². The van der Waals surface area contributed by atoms with Crippen molar-refractivity contribution in [2.75, 3.05) is 12.4 Å². The molecular formula is C21H20BrNO3. The van der Waals surface area contributed by atoms with Gasteiger partial charge < -0.3 is 19.9 Å². The number of rotatable bonds is 7. The molecule has 0 aliphatic rings. The number of aromatic hydroxyl groups is 1. The van der Waals surface area contributed by atoms with Gasteiger partial charge in [-0.15, -0.1) is 0 Å². The zero-order valence-corrected chi connectivity index (χ0v) is 16.0. The second-order valence-electron chi connectivity index (χ2n) is 5.77. The fourth-order valence-electron chi connectivity index (χ4n) is 2.50. The molecule has 3 aromatic rings. The van der Waals surface area contributed by atoms with E-state index in [4.69, 9.17) is 9.47 Å². The largest absolute Gasteiger partial charge is 0.508 e. The van der Waals surface area contributed by atoms with Crippen LogP contribution in [-0.4, -0.2) is 12.2 Å². The van der Waals surface area contributed by atoms with Crippen LogP contribution in [-0.2, 0) is 13.2 Å². The Morgan fingerprint density at radius 1 is 0.962 bits per heavy atom. The molecule has 0 bridgehead atoms. The molecule has 0 aromatic heterocycles. The summed E-state index contributed by atoms with van der Waals surface area (Å²) in [5.74, 6) is 1.63. The van der Waals surface area contributed by atoms with Gasteiger partial charge in [-0.05, 0) is 47.5 Å². The topological polar surface area (TPSA) is 50.7 Å². The van der Waals surface area contributed by atoms with E-state index in [0.29, 0.717) is 24.7 Å². The van der Waals surface area contributed by atoms with Crippen molar-refractivity contribution in [1.29, 1.82) is 0 Å². The minimum Gasteiger partial charge on any atom is -0.508 e. The minimum absolute atomic E-state index is 0.248. The molecule has 0 atom stereocenters. The number of phenolic OH excluding ortho intramolecular Hbond substituents is 1. The highest BCUT2D eigenvalue weighted by atomic mass is 79.9. The summed E-state index contributed by atoms with van der Waals surface area (Å²) < 4.78 is 12.4. The van der Waals surface area contributed by atoms with Crippen LogP contribution in [0.2, 0.25) is 0 Å². The molecule has 0 fully saturated rings. The Morgan fingerprint density at radius 3 is 2.38 bits per heavy atom. The maximum absolute atomic E-state index is 9.35. The lowest BCUT2D eigenvalue weighted by Crippen LogP contribution is -2.03. The number of phenols is 1. The fourth-order valence-corrected chi connectivity index (χ4v) is 2.96. The Hall–Kier alpha value is -2.66. The molecule has 2 N–H and O–H groups in total. The predicted octanol–water partition coefficient (Wildman–Crippen LogP) is 5.35. The molecule has 0 amide bonds. The first-order valence-electron chi connectivity index (χ1n) is 8.22. The van der Waals surface area contributed by atoms with Gasteiger partial charge in [0.2, 0.25) is 0 Å². The molecule has 0 heterocycles. The van der Waals surface area contributed by atoms with Crippen molar-refractivity contribution in [2.24, 2.45) is 0 Å². The van der Waals surface area contributed by atoms with Crippen molar-refractivity contribution in [1.82, 2.24) is 0 Å². The number of halogens is 1. The van der Waals surface area contributed by atoms with Crippen molar-refractivity contribution in [2.45, 2.75) is 13.2 Å². The van der Waals surface area contributed by atoms with Crippen molar-refractivity contribution in [3.05, 3.63) is 82.3 Å². The van der Waals surface area contributed by atoms with Crippen LogP contribution >= 0.6 is 15.9 Å². The number of benzene rings is 3. The van der Waals surface area contributed by atoms with E-state index in [1.54, 1.807) is 19.2 Å². The van der Waals surface area contributed by atoms with E-state index in [2.05, 4.69) is 21.2 Å². The number of ether oxygens (including phenoxy) is 2. The number of anilines is 1. The van der Waals surface area contributed by atoms with Crippen LogP contribution in [0, 0.1) is 0 Å². The van der Waals surface area contributed by atoms with Crippen molar-refractivity contribution >= 4 is 21.6 Å². The monoisotopic (exact) mass is 413 g/mol. The summed E-state index contributed by atoms with van der Waals surface area (Å²) in [5, 5.41) is 12.7. The number of nitrogens with one attached hydrogen (secondary N) is 1. The summed E-state index contributed by atoms with van der Waals surface area (Å²) in [4.78, 5) is 0. The van der Waals surface area contributed by atoms with Gasteiger partial charge in [0.25, 0.3) is 0 Å². The molecule has 0 radical (unpaired) electrons. The second-order valence-corrected chi connectivity index (χ2v) is 6.62. The van der Waals surface area contributed by atoms with Crippen LogP contribution < -0.4 is 14.8 Å². The zero-order valence-electron chi connectivity index (χ0n) is 14.4. The van der Waals surface area contributed by atoms with Gasteiger partial charge in [-0.1, -0.05) is 46.3 Å². The highest BCUT2D eigenvalue weighted by Crippen LogP contribution is 2.34. The smallest absolute Gasteiger partial charge is 0.162 e. The number of methoxy groups -OCH3 is 1. The molecule has 0 unspecified atom stereocenters. The van der Waals surface area contributed by atoms with Gasteiger partial charge in [0.1, 0.15) is 12.4 Å². The normalized spacial score (nSPS) is 10.4. The van der Waals surface area contributed by atoms with E-state index in [-0.39, 0.29) is 5.75 Å². The lowest BCUT2D eigenvalue weighted by atomic mass is 10.2. The minimum atomic E-state index is 0.248. The molecule has 0 saturated carbocycles. The quantitative estimate of drug-likeness (QED) is 0.512. The SMILES string of the molecule is COc1cc(CNc2ccc(O)cc2)c(Br)cc1OCc1ccccc1. The van der Waals surface area contributed by atoms with Crippen LogP contribution in [0.5, 0.6) is 17.2 Å². The Morgan fingerprint density at radius 2 is 1.69 bits per heavy atom. The average molecular weight is 414 g/mol. The summed E-state index contributed by atoms with van der Waals surface area (Å²) in [6.07, 6.45) is 0. The third-order valence-electron chi connectivity index (χ3n) is 3.92. The molecule has 3 rings (SSSR count). The van der Waals surface area contributed by atoms with Crippen LogP contribution in [0.4, 0.5) is 5.69 Å². The molecule has 0 aliphatic carbocycles. The number of hydrogen-bond acceptors (Lipinski definition) is 4. The van der Waals surface area contributed by atoms with Crippen LogP contribution in [0.25, 0.3) is 0 Å². The summed E-state index contributed by atoms with van der Waals surface area (Å²) >= 11 is 3.61. The zero-order chi connectivity index (χ0) is 18.4. The van der Waals surface area contributed by atoms with E-state index < -0.39 is 0 Å². The van der Waals surface area contributed by atoms with Gasteiger partial charge in [-0.25, -0.2) is 0 Å². The van der Waals surface area contributed by atoms with Gasteiger partial charge in [-0.2, -0.15) is 0 Å². The standard InChI is InChI=1S/C21H20BrNO3/c1-25-20-11-16(13-23-17-7-9-18(24)10-8-17)19(22)12-21(20)26-14-15-5-3-2-4-6-15/h2-12,23-24H,13-14H2,1H3. The second kappa shape index (κ2) is 8.63. The molecule has 3 aromatic carbocycles. The van der Waals surface area contributed by atoms with E-state index >= 15 is 0 Å². The van der Waals surface area contributed by atoms with Gasteiger partial charge in [0, 0.05) is 16.7 Å². The maximum Gasteiger partial charge on any atom is 0.162 e. The first-order chi connectivity index (χ1) is 12.7. The van der Waals surface area contributed by atoms with Crippen molar-refractivity contribution < 1.29 is 14.6 Å². The Bertz CT molecular complexity index is 851. The summed E-state index contributed by atoms with van der Waals surface area (Å²) in [6.45, 7) is 1.09. The van der Waals surface area contributed by atoms with E-state index in [9.17, 15) is 5.11 Å². The average Bonchev–Trinajstić information content (AvgIpc) is 2.67. The summed E-state index contributed by atoms with van der Waals surface area (Å²) in [5.41, 5.74) is 3.07. The van der Waals surface area contributed by atoms with Crippen molar-refractivity contribution in [3.8, 4) is 17.2 Å². The molecule has 5 heteroatoms. The predicted molar refractivity (Wildman–Crippen MR) is 107 cm³/mol. The van der Waals surface area contributed by atoms with E-state index in [1.165, 1.54) is 0 Å². The van der Waals surface area contributed by atoms with E-state index in [1.807, 2.05) is 54.6 Å². The van der Waals surface area contributed by atoms with Gasteiger partial charge in [-0.3, -0.25) is 0 Å². The number of hydrogen-bond donors (Lipinski definition) is 2. The molecule has 134 valence electrons. The van der Waals surface area contributed by atoms with Gasteiger partial charge in [0.05, 0.1) is 7.11 Å². The lowest BCUT2D eigenvalue weighted by Gasteiger charge is -2.15. The Labute approximate surface area is 161 Å². The molecule has 0 saturated heterocycles. The molecule has 4 nitrogen and oxygen atoms in total. The third-order valence-corrected chi connectivity index (χ3v) is 4.66. The maximum atomic E-state index is 9.35. The van der Waals surface area contributed by atoms with Crippen LogP contribution in [0.15, 0.2) is 71.2 Å². The summed E-state index contributed by atoms with van der Waals surface area (Å²) in [7, 11) is 1.63. The summed E-state index contributed by atoms with van der Waals surface area (Å²) in [6, 6.07) is 20.9. The molecule has 26 heavy (non-hydrogen) atoms. The Kier molecular flexibility index (Phi) is 6.02. The van der Waals surface area contributed by atoms with Crippen LogP contribution in [0.1, 0.15) is 11.1 Å². The van der Waals surface area contributed by atoms with Gasteiger partial charge >= 0.3 is 0 Å². The third kappa shape index (κ3) is 4.70.